The number of hydrogen-bond acceptors (Lipinski definition) is 6. The van der Waals surface area contributed by atoms with E-state index in [1.807, 2.05) is 12.1 Å². The highest BCUT2D eigenvalue weighted by atomic mass is 32.1. The molecule has 0 radical (unpaired) electrons. The van der Waals surface area contributed by atoms with Crippen LogP contribution in [0.25, 0.3) is 11.5 Å². The Morgan fingerprint density at radius 2 is 1.33 bits per heavy atom. The molecule has 1 aliphatic heterocycles. The van der Waals surface area contributed by atoms with Crippen molar-refractivity contribution in [2.24, 2.45) is 0 Å². The Morgan fingerprint density at radius 1 is 0.788 bits per heavy atom. The molecule has 1 aliphatic rings. The molecule has 0 atom stereocenters. The average molecular weight is 474 g/mol. The predicted octanol–water partition coefficient (Wildman–Crippen LogP) is 6.54. The fraction of sp³-hybridized carbons (Fsp3) is 0.731. The third kappa shape index (κ3) is 9.67. The van der Waals surface area contributed by atoms with Crippen molar-refractivity contribution in [3.05, 3.63) is 29.4 Å². The molecule has 0 aliphatic carbocycles. The highest BCUT2D eigenvalue weighted by molar-refractivity contribution is 7.71. The lowest BCUT2D eigenvalue weighted by Gasteiger charge is -2.34. The van der Waals surface area contributed by atoms with Crippen LogP contribution in [-0.2, 0) is 6.67 Å². The van der Waals surface area contributed by atoms with E-state index in [2.05, 4.69) is 26.8 Å². The number of unbranched alkanes of at least 4 members (excludes halogenated alkanes) is 11. The van der Waals surface area contributed by atoms with Gasteiger partial charge in [0, 0.05) is 44.1 Å². The van der Waals surface area contributed by atoms with Crippen LogP contribution in [0.3, 0.4) is 0 Å². The molecule has 1 fully saturated rings. The molecule has 3 rings (SSSR count). The summed E-state index contributed by atoms with van der Waals surface area (Å²) in [7, 11) is 0. The summed E-state index contributed by atoms with van der Waals surface area (Å²) in [6.45, 7) is 8.58. The number of nitrogens with zero attached hydrogens (tertiary/aromatic N) is 5. The first-order valence-electron chi connectivity index (χ1n) is 13.2. The van der Waals surface area contributed by atoms with Gasteiger partial charge in [-0.1, -0.05) is 77.6 Å². The van der Waals surface area contributed by atoms with E-state index in [4.69, 9.17) is 16.6 Å². The van der Waals surface area contributed by atoms with Gasteiger partial charge in [0.05, 0.1) is 6.67 Å². The van der Waals surface area contributed by atoms with Gasteiger partial charge in [0.2, 0.25) is 5.89 Å². The summed E-state index contributed by atoms with van der Waals surface area (Å²) < 4.78 is 7.49. The minimum absolute atomic E-state index is 0.431. The third-order valence-corrected chi connectivity index (χ3v) is 6.95. The average Bonchev–Trinajstić information content (AvgIpc) is 3.21. The van der Waals surface area contributed by atoms with Crippen molar-refractivity contribution < 1.29 is 4.42 Å². The lowest BCUT2D eigenvalue weighted by Crippen LogP contribution is -2.47. The molecule has 0 unspecified atom stereocenters. The first kappa shape index (κ1) is 26.0. The van der Waals surface area contributed by atoms with E-state index < -0.39 is 0 Å². The lowest BCUT2D eigenvalue weighted by atomic mass is 10.1. The SMILES string of the molecule is CCCCCCCCCCCCCCN1CCN(Cn2nc(-c3ccncc3)oc2=S)CC1. The van der Waals surface area contributed by atoms with Gasteiger partial charge in [-0.25, -0.2) is 4.68 Å². The van der Waals surface area contributed by atoms with Gasteiger partial charge >= 0.3 is 0 Å². The second-order valence-electron chi connectivity index (χ2n) is 9.40. The molecule has 33 heavy (non-hydrogen) atoms. The van der Waals surface area contributed by atoms with E-state index in [1.54, 1.807) is 17.1 Å². The van der Waals surface area contributed by atoms with Gasteiger partial charge in [-0.05, 0) is 37.3 Å². The fourth-order valence-electron chi connectivity index (χ4n) is 4.53. The van der Waals surface area contributed by atoms with Gasteiger partial charge in [0.1, 0.15) is 0 Å². The quantitative estimate of drug-likeness (QED) is 0.204. The minimum atomic E-state index is 0.431. The Balaban J connectivity index is 1.21. The maximum absolute atomic E-state index is 5.69. The van der Waals surface area contributed by atoms with E-state index in [1.165, 1.54) is 83.6 Å². The normalized spacial score (nSPS) is 15.3. The summed E-state index contributed by atoms with van der Waals surface area (Å²) >= 11 is 5.38. The number of pyridine rings is 1. The summed E-state index contributed by atoms with van der Waals surface area (Å²) in [5.41, 5.74) is 0.905. The van der Waals surface area contributed by atoms with Crippen LogP contribution in [0.2, 0.25) is 0 Å². The number of hydrogen-bond donors (Lipinski definition) is 0. The third-order valence-electron chi connectivity index (χ3n) is 6.66. The van der Waals surface area contributed by atoms with E-state index in [0.717, 1.165) is 31.7 Å². The first-order chi connectivity index (χ1) is 16.3. The van der Waals surface area contributed by atoms with E-state index in [9.17, 15) is 0 Å². The Morgan fingerprint density at radius 3 is 1.94 bits per heavy atom. The second-order valence-corrected chi connectivity index (χ2v) is 9.75. The number of aromatic nitrogens is 3. The summed E-state index contributed by atoms with van der Waals surface area (Å²) in [6, 6.07) is 3.78. The smallest absolute Gasteiger partial charge is 0.288 e. The topological polar surface area (TPSA) is 50.3 Å². The van der Waals surface area contributed by atoms with Crippen molar-refractivity contribution in [1.82, 2.24) is 24.6 Å². The van der Waals surface area contributed by atoms with Crippen LogP contribution in [0.4, 0.5) is 0 Å². The Hall–Kier alpha value is -1.57. The molecule has 7 heteroatoms. The molecule has 0 N–H and O–H groups in total. The van der Waals surface area contributed by atoms with Crippen molar-refractivity contribution in [3.8, 4) is 11.5 Å². The molecule has 6 nitrogen and oxygen atoms in total. The highest BCUT2D eigenvalue weighted by Gasteiger charge is 2.18. The van der Waals surface area contributed by atoms with E-state index in [0.29, 0.717) is 17.4 Å². The largest absolute Gasteiger partial charge is 0.409 e. The zero-order valence-electron chi connectivity index (χ0n) is 20.6. The van der Waals surface area contributed by atoms with Crippen LogP contribution in [0, 0.1) is 4.84 Å². The van der Waals surface area contributed by atoms with Gasteiger partial charge in [0.15, 0.2) is 0 Å². The van der Waals surface area contributed by atoms with Crippen LogP contribution in [0.1, 0.15) is 84.0 Å². The van der Waals surface area contributed by atoms with Crippen LogP contribution in [0.15, 0.2) is 28.9 Å². The molecule has 1 saturated heterocycles. The summed E-state index contributed by atoms with van der Waals surface area (Å²) in [5, 5.41) is 4.57. The van der Waals surface area contributed by atoms with Crippen molar-refractivity contribution in [1.29, 1.82) is 0 Å². The molecule has 0 bridgehead atoms. The monoisotopic (exact) mass is 473 g/mol. The zero-order valence-corrected chi connectivity index (χ0v) is 21.4. The van der Waals surface area contributed by atoms with Gasteiger partial charge < -0.3 is 9.32 Å². The van der Waals surface area contributed by atoms with Gasteiger partial charge in [-0.2, -0.15) is 0 Å². The van der Waals surface area contributed by atoms with Crippen LogP contribution < -0.4 is 0 Å². The Labute approximate surface area is 205 Å². The second kappa shape index (κ2) is 15.4. The molecule has 2 aromatic rings. The Bertz CT molecular complexity index is 814. The van der Waals surface area contributed by atoms with Gasteiger partial charge in [-0.15, -0.1) is 5.10 Å². The first-order valence-corrected chi connectivity index (χ1v) is 13.6. The molecule has 2 aromatic heterocycles. The summed E-state index contributed by atoms with van der Waals surface area (Å²) in [5.74, 6) is 0.563. The molecule has 0 saturated carbocycles. The lowest BCUT2D eigenvalue weighted by molar-refractivity contribution is 0.100. The number of rotatable bonds is 16. The molecule has 3 heterocycles. The van der Waals surface area contributed by atoms with Crippen LogP contribution >= 0.6 is 12.2 Å². The summed E-state index contributed by atoms with van der Waals surface area (Å²) in [6.07, 6.45) is 20.4. The fourth-order valence-corrected chi connectivity index (χ4v) is 4.70. The molecule has 184 valence electrons. The van der Waals surface area contributed by atoms with Crippen molar-refractivity contribution >= 4 is 12.2 Å². The molecule has 0 amide bonds. The van der Waals surface area contributed by atoms with Gasteiger partial charge in [0.25, 0.3) is 4.84 Å². The number of piperazine rings is 1. The molecular formula is C26H43N5OS. The molecular weight excluding hydrogens is 430 g/mol. The standard InChI is InChI=1S/C26H43N5OS/c1-2-3-4-5-6-7-8-9-10-11-12-13-18-29-19-21-30(22-20-29)23-31-26(33)32-25(28-31)24-14-16-27-17-15-24/h14-17H,2-13,18-23H2,1H3. The van der Waals surface area contributed by atoms with Gasteiger partial charge in [-0.3, -0.25) is 9.88 Å². The highest BCUT2D eigenvalue weighted by Crippen LogP contribution is 2.17. The molecule has 0 spiro atoms. The van der Waals surface area contributed by atoms with Crippen molar-refractivity contribution in [3.63, 3.8) is 0 Å². The van der Waals surface area contributed by atoms with Crippen LogP contribution in [0.5, 0.6) is 0 Å². The maximum Gasteiger partial charge on any atom is 0.288 e. The Kier molecular flexibility index (Phi) is 12.1. The maximum atomic E-state index is 5.69. The zero-order chi connectivity index (χ0) is 23.1. The van der Waals surface area contributed by atoms with Crippen molar-refractivity contribution in [2.75, 3.05) is 32.7 Å². The minimum Gasteiger partial charge on any atom is -0.409 e. The van der Waals surface area contributed by atoms with E-state index in [-0.39, 0.29) is 0 Å². The van der Waals surface area contributed by atoms with Crippen LogP contribution in [-0.4, -0.2) is 57.3 Å². The van der Waals surface area contributed by atoms with E-state index >= 15 is 0 Å². The summed E-state index contributed by atoms with van der Waals surface area (Å²) in [4.78, 5) is 9.49. The predicted molar refractivity (Wildman–Crippen MR) is 138 cm³/mol. The van der Waals surface area contributed by atoms with Crippen molar-refractivity contribution in [2.45, 2.75) is 90.6 Å². The molecule has 0 aromatic carbocycles.